The lowest BCUT2D eigenvalue weighted by molar-refractivity contribution is -0.123. The van der Waals surface area contributed by atoms with Gasteiger partial charge in [0.15, 0.2) is 5.96 Å². The first-order chi connectivity index (χ1) is 21.2. The minimum atomic E-state index is -0.275. The van der Waals surface area contributed by atoms with Crippen molar-refractivity contribution in [3.63, 3.8) is 0 Å². The monoisotopic (exact) mass is 606 g/mol. The van der Waals surface area contributed by atoms with Gasteiger partial charge in [-0.05, 0) is 58.1 Å². The number of carbonyl (C=O) groups excluding carboxylic acids is 1. The number of nitrogens with two attached hydrogens (primary N) is 1. The summed E-state index contributed by atoms with van der Waals surface area (Å²) in [6.07, 6.45) is 8.82. The molecule has 10 heteroatoms. The number of aromatic nitrogens is 1. The Bertz CT molecular complexity index is 1240. The molecule has 10 nitrogen and oxygen atoms in total. The van der Waals surface area contributed by atoms with Gasteiger partial charge in [0, 0.05) is 50.3 Å². The van der Waals surface area contributed by atoms with Crippen LogP contribution in [-0.4, -0.2) is 83.8 Å². The van der Waals surface area contributed by atoms with Gasteiger partial charge in [0.2, 0.25) is 11.8 Å². The van der Waals surface area contributed by atoms with Crippen LogP contribution in [0.1, 0.15) is 71.3 Å². The van der Waals surface area contributed by atoms with Crippen LogP contribution in [0, 0.1) is 5.92 Å². The number of guanidine groups is 1. The average molecular weight is 607 g/mol. The van der Waals surface area contributed by atoms with Crippen LogP contribution < -0.4 is 15.8 Å². The topological polar surface area (TPSA) is 115 Å². The molecule has 1 aromatic heterocycles. The smallest absolute Gasteiger partial charge is 0.220 e. The van der Waals surface area contributed by atoms with Crippen molar-refractivity contribution in [3.05, 3.63) is 48.2 Å². The van der Waals surface area contributed by atoms with Gasteiger partial charge < -0.3 is 30.2 Å². The van der Waals surface area contributed by atoms with Crippen LogP contribution in [0.4, 0.5) is 5.69 Å². The molecule has 44 heavy (non-hydrogen) atoms. The van der Waals surface area contributed by atoms with Gasteiger partial charge in [-0.15, -0.1) is 0 Å². The minimum Gasteiger partial charge on any atom is -0.439 e. The Kier molecular flexibility index (Phi) is 11.1. The Morgan fingerprint density at radius 1 is 1.14 bits per heavy atom. The van der Waals surface area contributed by atoms with E-state index in [9.17, 15) is 4.79 Å². The molecule has 3 heterocycles. The normalized spacial score (nSPS) is 19.5. The van der Waals surface area contributed by atoms with Gasteiger partial charge >= 0.3 is 0 Å². The number of amides is 1. The van der Waals surface area contributed by atoms with E-state index in [2.05, 4.69) is 20.1 Å². The second-order valence-electron chi connectivity index (χ2n) is 13.3. The Morgan fingerprint density at radius 3 is 2.61 bits per heavy atom. The summed E-state index contributed by atoms with van der Waals surface area (Å²) in [5.41, 5.74) is 8.13. The van der Waals surface area contributed by atoms with E-state index in [4.69, 9.17) is 24.9 Å². The van der Waals surface area contributed by atoms with E-state index in [0.29, 0.717) is 43.8 Å². The molecule has 1 saturated carbocycles. The summed E-state index contributed by atoms with van der Waals surface area (Å²) in [6, 6.07) is 11.6. The van der Waals surface area contributed by atoms with E-state index in [1.807, 2.05) is 57.2 Å². The van der Waals surface area contributed by atoms with Gasteiger partial charge in [0.25, 0.3) is 0 Å². The highest BCUT2D eigenvalue weighted by atomic mass is 16.5. The van der Waals surface area contributed by atoms with E-state index in [-0.39, 0.29) is 23.6 Å². The summed E-state index contributed by atoms with van der Waals surface area (Å²) in [5.74, 6) is 2.28. The molecule has 0 spiro atoms. The van der Waals surface area contributed by atoms with Crippen molar-refractivity contribution in [2.24, 2.45) is 16.6 Å². The maximum absolute atomic E-state index is 13.5. The van der Waals surface area contributed by atoms with E-state index in [1.165, 1.54) is 19.3 Å². The van der Waals surface area contributed by atoms with Crippen molar-refractivity contribution in [2.75, 3.05) is 39.5 Å². The van der Waals surface area contributed by atoms with Crippen molar-refractivity contribution in [1.29, 1.82) is 0 Å². The molecule has 1 aliphatic carbocycles. The maximum Gasteiger partial charge on any atom is 0.220 e. The molecule has 1 amide bonds. The number of aliphatic imine (C=N–C) groups is 1. The first-order valence-corrected chi connectivity index (χ1v) is 16.3. The molecule has 0 unspecified atom stereocenters. The third kappa shape index (κ3) is 9.39. The summed E-state index contributed by atoms with van der Waals surface area (Å²) in [6.45, 7) is 11.2. The highest BCUT2D eigenvalue weighted by Crippen LogP contribution is 2.36. The van der Waals surface area contributed by atoms with Crippen molar-refractivity contribution >= 4 is 17.6 Å². The third-order valence-electron chi connectivity index (χ3n) is 8.70. The highest BCUT2D eigenvalue weighted by molar-refractivity contribution is 5.84. The molecule has 2 aromatic rings. The lowest BCUT2D eigenvalue weighted by Crippen LogP contribution is -2.51. The zero-order valence-electron chi connectivity index (χ0n) is 26.7. The van der Waals surface area contributed by atoms with Crippen LogP contribution in [0.15, 0.2) is 47.6 Å². The van der Waals surface area contributed by atoms with Crippen LogP contribution in [0.2, 0.25) is 0 Å². The molecule has 240 valence electrons. The fourth-order valence-corrected chi connectivity index (χ4v) is 6.43. The zero-order chi connectivity index (χ0) is 30.9. The van der Waals surface area contributed by atoms with E-state index in [1.54, 1.807) is 6.20 Å². The van der Waals surface area contributed by atoms with Gasteiger partial charge in [-0.2, -0.15) is 0 Å². The quantitative estimate of drug-likeness (QED) is 0.347. The van der Waals surface area contributed by atoms with Crippen molar-refractivity contribution < 1.29 is 19.0 Å². The number of carbonyl (C=O) groups is 1. The van der Waals surface area contributed by atoms with Crippen LogP contribution in [0.5, 0.6) is 11.6 Å². The molecule has 0 radical (unpaired) electrons. The Balaban J connectivity index is 1.26. The van der Waals surface area contributed by atoms with Crippen molar-refractivity contribution in [1.82, 2.24) is 20.1 Å². The first kappa shape index (κ1) is 32.2. The molecule has 1 saturated heterocycles. The minimum absolute atomic E-state index is 0.0530. The Morgan fingerprint density at radius 2 is 1.89 bits per heavy atom. The number of nitrogens with zero attached hydrogens (tertiary/aromatic N) is 4. The fourth-order valence-electron chi connectivity index (χ4n) is 6.43. The molecule has 0 bridgehead atoms. The summed E-state index contributed by atoms with van der Waals surface area (Å²) in [7, 11) is 0. The lowest BCUT2D eigenvalue weighted by atomic mass is 9.81. The molecule has 3 aliphatic rings. The molecule has 5 rings (SSSR count). The summed E-state index contributed by atoms with van der Waals surface area (Å²) >= 11 is 0. The average Bonchev–Trinajstić information content (AvgIpc) is 3.01. The van der Waals surface area contributed by atoms with Crippen LogP contribution >= 0.6 is 0 Å². The summed E-state index contributed by atoms with van der Waals surface area (Å²) in [5, 5.41) is 3.30. The van der Waals surface area contributed by atoms with Gasteiger partial charge in [-0.1, -0.05) is 37.5 Å². The number of fused-ring (bicyclic) bond motifs is 1. The van der Waals surface area contributed by atoms with Crippen molar-refractivity contribution in [3.8, 4) is 11.6 Å². The summed E-state index contributed by atoms with van der Waals surface area (Å²) < 4.78 is 17.7. The first-order valence-electron chi connectivity index (χ1n) is 16.3. The molecule has 3 N–H and O–H groups in total. The predicted octanol–water partition coefficient (Wildman–Crippen LogP) is 5.00. The molecular formula is C34H50N6O4. The number of morpholine rings is 1. The van der Waals surface area contributed by atoms with E-state index in [0.717, 1.165) is 62.7 Å². The number of ether oxygens (including phenoxy) is 3. The van der Waals surface area contributed by atoms with Crippen LogP contribution in [0.3, 0.4) is 0 Å². The highest BCUT2D eigenvalue weighted by Gasteiger charge is 2.33. The second kappa shape index (κ2) is 15.2. The number of hydrogen-bond donors (Lipinski definition) is 2. The molecule has 1 aromatic carbocycles. The lowest BCUT2D eigenvalue weighted by Gasteiger charge is -2.41. The van der Waals surface area contributed by atoms with E-state index < -0.39 is 0 Å². The molecule has 2 aliphatic heterocycles. The number of hydrogen-bond acceptors (Lipinski definition) is 9. The summed E-state index contributed by atoms with van der Waals surface area (Å²) in [4.78, 5) is 27.2. The maximum atomic E-state index is 13.5. The molecular weight excluding hydrogens is 556 g/mol. The molecule has 2 atom stereocenters. The SMILES string of the molecule is CC(C)(C)OC[C@@H](CN1CCOCC1)NC(=O)CC[C@@H](C1CCCCC1)N1Cc2cc(Oc3ccccc3)ncc2N=C1N. The molecule has 2 fully saturated rings. The van der Waals surface area contributed by atoms with Gasteiger partial charge in [0.05, 0.1) is 43.3 Å². The Labute approximate surface area is 262 Å². The fraction of sp³-hybridized carbons (Fsp3) is 0.618. The Hall–Kier alpha value is -3.21. The largest absolute Gasteiger partial charge is 0.439 e. The number of benzene rings is 1. The van der Waals surface area contributed by atoms with E-state index >= 15 is 0 Å². The zero-order valence-corrected chi connectivity index (χ0v) is 26.7. The van der Waals surface area contributed by atoms with Crippen LogP contribution in [-0.2, 0) is 20.8 Å². The second-order valence-corrected chi connectivity index (χ2v) is 13.3. The third-order valence-corrected chi connectivity index (χ3v) is 8.70. The number of nitrogens with one attached hydrogen (secondary N) is 1. The number of rotatable bonds is 12. The number of pyridine rings is 1. The standard InChI is InChI=1S/C34H50N6O4/c1-34(2,3)43-24-27(23-39-16-18-42-19-17-39)37-31(41)15-14-30(25-10-6-4-7-11-25)40-22-26-20-32(36-21-29(26)38-33(40)35)44-28-12-8-5-9-13-28/h5,8-9,12-13,20-21,25,27,30H,4,6-7,10-11,14-19,22-24H2,1-3H3,(H2,35,38)(H,37,41)/t27-,30+/m1/s1. The number of para-hydroxylation sites is 1. The van der Waals surface area contributed by atoms with Gasteiger partial charge in [-0.3, -0.25) is 9.69 Å². The van der Waals surface area contributed by atoms with Crippen molar-refractivity contribution in [2.45, 2.75) is 89.9 Å². The predicted molar refractivity (Wildman–Crippen MR) is 172 cm³/mol. The van der Waals surface area contributed by atoms with Crippen LogP contribution in [0.25, 0.3) is 0 Å². The van der Waals surface area contributed by atoms with Gasteiger partial charge in [-0.25, -0.2) is 9.98 Å². The van der Waals surface area contributed by atoms with Gasteiger partial charge in [0.1, 0.15) is 5.75 Å².